The lowest BCUT2D eigenvalue weighted by Crippen LogP contribution is -2.32. The van der Waals surface area contributed by atoms with Gasteiger partial charge in [-0.05, 0) is 49.9 Å². The lowest BCUT2D eigenvalue weighted by Gasteiger charge is -2.29. The molecule has 2 aromatic heterocycles. The van der Waals surface area contributed by atoms with Gasteiger partial charge in [0.05, 0.1) is 17.2 Å². The largest absolute Gasteiger partial charge is 0.474 e. The number of aromatic nitrogens is 3. The van der Waals surface area contributed by atoms with E-state index in [2.05, 4.69) is 20.3 Å². The second-order valence-corrected chi connectivity index (χ2v) is 6.84. The molecule has 0 spiro atoms. The Kier molecular flexibility index (Phi) is 5.01. The number of ether oxygens (including phenoxy) is 1. The number of benzene rings is 1. The molecule has 2 heterocycles. The summed E-state index contributed by atoms with van der Waals surface area (Å²) >= 11 is 0. The van der Waals surface area contributed by atoms with E-state index in [1.54, 1.807) is 30.6 Å². The topological polar surface area (TPSA) is 103 Å². The molecule has 0 aliphatic heterocycles. The molecule has 28 heavy (non-hydrogen) atoms. The number of hydrogen-bond donors (Lipinski definition) is 2. The molecule has 0 unspecified atom stereocenters. The van der Waals surface area contributed by atoms with Crippen molar-refractivity contribution in [2.45, 2.75) is 37.8 Å². The van der Waals surface area contributed by atoms with E-state index in [4.69, 9.17) is 10.5 Å². The summed E-state index contributed by atoms with van der Waals surface area (Å²) < 4.78 is 19.3. The molecule has 1 amide bonds. The van der Waals surface area contributed by atoms with Gasteiger partial charge in [0.25, 0.3) is 5.91 Å². The first-order chi connectivity index (χ1) is 13.6. The van der Waals surface area contributed by atoms with Gasteiger partial charge in [-0.15, -0.1) is 0 Å². The average Bonchev–Trinajstić information content (AvgIpc) is 2.69. The van der Waals surface area contributed by atoms with Gasteiger partial charge in [-0.3, -0.25) is 9.78 Å². The first kappa shape index (κ1) is 18.1. The van der Waals surface area contributed by atoms with Crippen LogP contribution >= 0.6 is 0 Å². The van der Waals surface area contributed by atoms with E-state index in [0.717, 1.165) is 25.7 Å². The van der Waals surface area contributed by atoms with Crippen LogP contribution in [0.3, 0.4) is 0 Å². The van der Waals surface area contributed by atoms with Crippen LogP contribution < -0.4 is 15.8 Å². The standard InChI is InChI=1S/C20H20FN5O2/c21-12-3-8-16-17(10-12)26-18(11-24-16)25-13-4-6-14(7-5-13)28-20-15(19(22)27)2-1-9-23-20/h1-3,8-11,13-14H,4-7H2,(H2,22,27)(H,25,26)/t13-,14-. The van der Waals surface area contributed by atoms with Crippen molar-refractivity contribution in [3.05, 3.63) is 54.1 Å². The van der Waals surface area contributed by atoms with E-state index >= 15 is 0 Å². The third-order valence-corrected chi connectivity index (χ3v) is 4.85. The Bertz CT molecular complexity index is 1000. The van der Waals surface area contributed by atoms with Gasteiger partial charge in [0.1, 0.15) is 23.3 Å². The number of pyridine rings is 1. The quantitative estimate of drug-likeness (QED) is 0.704. The number of nitrogens with zero attached hydrogens (tertiary/aromatic N) is 3. The molecular formula is C20H20FN5O2. The molecular weight excluding hydrogens is 361 g/mol. The Morgan fingerprint density at radius 3 is 2.75 bits per heavy atom. The monoisotopic (exact) mass is 381 g/mol. The van der Waals surface area contributed by atoms with Crippen LogP contribution in [0.2, 0.25) is 0 Å². The summed E-state index contributed by atoms with van der Waals surface area (Å²) in [6.45, 7) is 0. The van der Waals surface area contributed by atoms with E-state index in [1.807, 2.05) is 0 Å². The number of fused-ring (bicyclic) bond motifs is 1. The Labute approximate surface area is 161 Å². The molecule has 8 heteroatoms. The number of nitrogens with one attached hydrogen (secondary N) is 1. The van der Waals surface area contributed by atoms with Gasteiger partial charge in [0.15, 0.2) is 0 Å². The van der Waals surface area contributed by atoms with Gasteiger partial charge in [-0.2, -0.15) is 0 Å². The van der Waals surface area contributed by atoms with Gasteiger partial charge < -0.3 is 15.8 Å². The maximum absolute atomic E-state index is 13.4. The van der Waals surface area contributed by atoms with Crippen LogP contribution in [0.15, 0.2) is 42.7 Å². The first-order valence-electron chi connectivity index (χ1n) is 9.19. The summed E-state index contributed by atoms with van der Waals surface area (Å²) in [4.78, 5) is 24.4. The van der Waals surface area contributed by atoms with Crippen LogP contribution in [0.25, 0.3) is 11.0 Å². The number of hydrogen-bond acceptors (Lipinski definition) is 6. The third-order valence-electron chi connectivity index (χ3n) is 4.85. The summed E-state index contributed by atoms with van der Waals surface area (Å²) in [5, 5.41) is 3.37. The van der Waals surface area contributed by atoms with Crippen LogP contribution in [0.4, 0.5) is 10.2 Å². The Morgan fingerprint density at radius 1 is 1.14 bits per heavy atom. The number of carbonyl (C=O) groups is 1. The van der Waals surface area contributed by atoms with Crippen molar-refractivity contribution in [3.63, 3.8) is 0 Å². The Hall–Kier alpha value is -3.29. The lowest BCUT2D eigenvalue weighted by molar-refractivity contribution is 0.0983. The molecule has 1 fully saturated rings. The minimum absolute atomic E-state index is 0.0252. The summed E-state index contributed by atoms with van der Waals surface area (Å²) in [6.07, 6.45) is 6.57. The van der Waals surface area contributed by atoms with Crippen LogP contribution in [0.5, 0.6) is 5.88 Å². The third kappa shape index (κ3) is 4.00. The molecule has 4 rings (SSSR count). The number of anilines is 1. The second-order valence-electron chi connectivity index (χ2n) is 6.84. The van der Waals surface area contributed by atoms with Crippen LogP contribution in [0.1, 0.15) is 36.0 Å². The molecule has 0 radical (unpaired) electrons. The van der Waals surface area contributed by atoms with Crippen molar-refractivity contribution in [1.29, 1.82) is 0 Å². The summed E-state index contributed by atoms with van der Waals surface area (Å²) in [7, 11) is 0. The molecule has 3 N–H and O–H groups in total. The van der Waals surface area contributed by atoms with E-state index in [1.165, 1.54) is 12.1 Å². The van der Waals surface area contributed by atoms with Crippen LogP contribution in [0, 0.1) is 5.82 Å². The molecule has 1 aliphatic carbocycles. The van der Waals surface area contributed by atoms with Gasteiger partial charge in [0, 0.05) is 18.3 Å². The van der Waals surface area contributed by atoms with Crippen molar-refractivity contribution < 1.29 is 13.9 Å². The van der Waals surface area contributed by atoms with Crippen molar-refractivity contribution in [2.24, 2.45) is 5.73 Å². The summed E-state index contributed by atoms with van der Waals surface area (Å²) in [6, 6.07) is 7.85. The van der Waals surface area contributed by atoms with Gasteiger partial charge in [-0.1, -0.05) is 0 Å². The van der Waals surface area contributed by atoms with Crippen molar-refractivity contribution >= 4 is 22.8 Å². The molecule has 1 saturated carbocycles. The van der Waals surface area contributed by atoms with Crippen LogP contribution in [-0.2, 0) is 0 Å². The maximum atomic E-state index is 13.4. The predicted molar refractivity (Wildman–Crippen MR) is 103 cm³/mol. The fraction of sp³-hybridized carbons (Fsp3) is 0.300. The number of amides is 1. The minimum atomic E-state index is -0.551. The summed E-state index contributed by atoms with van der Waals surface area (Å²) in [5.41, 5.74) is 6.85. The van der Waals surface area contributed by atoms with Crippen molar-refractivity contribution in [3.8, 4) is 5.88 Å². The first-order valence-corrected chi connectivity index (χ1v) is 9.19. The number of primary amides is 1. The zero-order chi connectivity index (χ0) is 19.5. The van der Waals surface area contributed by atoms with E-state index in [-0.39, 0.29) is 23.8 Å². The predicted octanol–water partition coefficient (Wildman–Crippen LogP) is 3.06. The number of rotatable bonds is 5. The highest BCUT2D eigenvalue weighted by Crippen LogP contribution is 2.26. The molecule has 0 saturated heterocycles. The average molecular weight is 381 g/mol. The summed E-state index contributed by atoms with van der Waals surface area (Å²) in [5.74, 6) is 0.0308. The van der Waals surface area contributed by atoms with E-state index < -0.39 is 5.91 Å². The molecule has 3 aromatic rings. The highest BCUT2D eigenvalue weighted by molar-refractivity contribution is 5.94. The Balaban J connectivity index is 1.36. The van der Waals surface area contributed by atoms with Crippen molar-refractivity contribution in [1.82, 2.24) is 15.0 Å². The fourth-order valence-corrected chi connectivity index (χ4v) is 3.42. The maximum Gasteiger partial charge on any atom is 0.254 e. The number of nitrogens with two attached hydrogens (primary N) is 1. The van der Waals surface area contributed by atoms with Crippen molar-refractivity contribution in [2.75, 3.05) is 5.32 Å². The molecule has 1 aromatic carbocycles. The number of halogens is 1. The zero-order valence-electron chi connectivity index (χ0n) is 15.1. The van der Waals surface area contributed by atoms with Gasteiger partial charge >= 0.3 is 0 Å². The second kappa shape index (κ2) is 7.75. The molecule has 1 aliphatic rings. The lowest BCUT2D eigenvalue weighted by atomic mass is 9.93. The smallest absolute Gasteiger partial charge is 0.254 e. The highest BCUT2D eigenvalue weighted by Gasteiger charge is 2.24. The SMILES string of the molecule is NC(=O)c1cccnc1O[C@H]1CC[C@H](Nc2cnc3ccc(F)cc3n2)CC1. The zero-order valence-corrected chi connectivity index (χ0v) is 15.1. The minimum Gasteiger partial charge on any atom is -0.474 e. The van der Waals surface area contributed by atoms with Crippen LogP contribution in [-0.4, -0.2) is 33.0 Å². The number of carbonyl (C=O) groups excluding carboxylic acids is 1. The van der Waals surface area contributed by atoms with Gasteiger partial charge in [-0.25, -0.2) is 14.4 Å². The molecule has 0 atom stereocenters. The van der Waals surface area contributed by atoms with E-state index in [0.29, 0.717) is 22.4 Å². The van der Waals surface area contributed by atoms with Gasteiger partial charge in [0.2, 0.25) is 5.88 Å². The molecule has 0 bridgehead atoms. The Morgan fingerprint density at radius 2 is 1.96 bits per heavy atom. The normalized spacial score (nSPS) is 19.3. The molecule has 144 valence electrons. The fourth-order valence-electron chi connectivity index (χ4n) is 3.42. The molecule has 7 nitrogen and oxygen atoms in total. The van der Waals surface area contributed by atoms with E-state index in [9.17, 15) is 9.18 Å². The highest BCUT2D eigenvalue weighted by atomic mass is 19.1.